The molecule has 0 aliphatic carbocycles. The van der Waals surface area contributed by atoms with Crippen LogP contribution >= 0.6 is 35.0 Å². The van der Waals surface area contributed by atoms with E-state index in [1.807, 2.05) is 30.3 Å². The first-order valence-corrected chi connectivity index (χ1v) is 12.6. The lowest BCUT2D eigenvalue weighted by Crippen LogP contribution is -2.42. The second-order valence-electron chi connectivity index (χ2n) is 8.24. The number of aromatic nitrogens is 2. The zero-order valence-corrected chi connectivity index (χ0v) is 20.5. The third-order valence-electron chi connectivity index (χ3n) is 5.75. The lowest BCUT2D eigenvalue weighted by molar-refractivity contribution is -0.138. The Kier molecular flexibility index (Phi) is 8.00. The molecule has 8 nitrogen and oxygen atoms in total. The minimum atomic E-state index is -1.03. The Balaban J connectivity index is 1.44. The van der Waals surface area contributed by atoms with Gasteiger partial charge in [0.2, 0.25) is 5.91 Å². The summed E-state index contributed by atoms with van der Waals surface area (Å²) in [5.74, 6) is -0.187. The second kappa shape index (κ2) is 11.0. The van der Waals surface area contributed by atoms with Gasteiger partial charge in [0.1, 0.15) is 11.9 Å². The highest BCUT2D eigenvalue weighted by molar-refractivity contribution is 8.00. The Hall–Kier alpha value is -2.30. The number of carboxylic acid groups (broad SMARTS) is 1. The molecule has 1 aromatic heterocycles. The summed E-state index contributed by atoms with van der Waals surface area (Å²) in [5.41, 5.74) is 8.30. The Morgan fingerprint density at radius 3 is 2.82 bits per heavy atom. The number of nitrogens with two attached hydrogens (primary N) is 1. The summed E-state index contributed by atoms with van der Waals surface area (Å²) in [6.07, 6.45) is 0.578. The van der Waals surface area contributed by atoms with Crippen molar-refractivity contribution in [3.8, 4) is 0 Å². The third-order valence-corrected chi connectivity index (χ3v) is 7.70. The van der Waals surface area contributed by atoms with Crippen LogP contribution < -0.4 is 11.1 Å². The lowest BCUT2D eigenvalue weighted by Gasteiger charge is -2.24. The van der Waals surface area contributed by atoms with Gasteiger partial charge in [-0.05, 0) is 36.2 Å². The predicted octanol–water partition coefficient (Wildman–Crippen LogP) is 3.27. The predicted molar refractivity (Wildman–Crippen MR) is 135 cm³/mol. The van der Waals surface area contributed by atoms with Gasteiger partial charge in [-0.25, -0.2) is 4.98 Å². The summed E-state index contributed by atoms with van der Waals surface area (Å²) < 4.78 is 0. The molecule has 0 saturated carbocycles. The number of halogens is 2. The van der Waals surface area contributed by atoms with Gasteiger partial charge < -0.3 is 21.1 Å². The molecule has 0 radical (unpaired) electrons. The number of hydrogen-bond acceptors (Lipinski definition) is 6. The molecule has 11 heteroatoms. The number of rotatable bonds is 9. The van der Waals surface area contributed by atoms with E-state index in [0.717, 1.165) is 16.6 Å². The molecule has 1 saturated heterocycles. The van der Waals surface area contributed by atoms with Crippen molar-refractivity contribution in [1.82, 2.24) is 20.2 Å². The molecule has 0 bridgehead atoms. The number of para-hydroxylation sites is 2. The Morgan fingerprint density at radius 2 is 2.09 bits per heavy atom. The highest BCUT2D eigenvalue weighted by Gasteiger charge is 2.37. The maximum Gasteiger partial charge on any atom is 0.321 e. The molecule has 34 heavy (non-hydrogen) atoms. The van der Waals surface area contributed by atoms with Crippen molar-refractivity contribution in [1.29, 1.82) is 0 Å². The molecule has 3 aromatic rings. The van der Waals surface area contributed by atoms with E-state index in [0.29, 0.717) is 35.4 Å². The van der Waals surface area contributed by atoms with E-state index in [1.54, 1.807) is 12.1 Å². The molecule has 1 fully saturated rings. The maximum absolute atomic E-state index is 13.2. The van der Waals surface area contributed by atoms with E-state index < -0.39 is 18.1 Å². The van der Waals surface area contributed by atoms with Gasteiger partial charge >= 0.3 is 5.97 Å². The molecule has 1 aliphatic heterocycles. The molecular weight excluding hydrogens is 497 g/mol. The normalized spacial score (nSPS) is 19.4. The Bertz CT molecular complexity index is 1160. The van der Waals surface area contributed by atoms with Gasteiger partial charge in [-0.3, -0.25) is 14.5 Å². The van der Waals surface area contributed by atoms with Gasteiger partial charge in [0.15, 0.2) is 0 Å². The number of carbonyl (C=O) groups is 2. The van der Waals surface area contributed by atoms with Crippen LogP contribution in [0.2, 0.25) is 10.0 Å². The fourth-order valence-corrected chi connectivity index (χ4v) is 5.69. The number of benzene rings is 2. The van der Waals surface area contributed by atoms with Gasteiger partial charge in [0.05, 0.1) is 23.6 Å². The summed E-state index contributed by atoms with van der Waals surface area (Å²) in [7, 11) is 0. The number of nitrogens with zero attached hydrogens (tertiary/aromatic N) is 2. The minimum Gasteiger partial charge on any atom is -0.480 e. The average Bonchev–Trinajstić information content (AvgIpc) is 3.41. The molecule has 3 atom stereocenters. The standard InChI is InChI=1S/C23H25Cl2N5O3S/c24-14-6-5-13(16(25)7-14)10-30-11-15(34-12-17(26)23(32)33)8-20(30)22(31)27-9-21-28-18-3-1-2-4-19(18)29-21/h1-7,15,17,20H,8-12,26H2,(H,27,31)(H,28,29)(H,32,33). The number of imidazole rings is 1. The summed E-state index contributed by atoms with van der Waals surface area (Å²) in [4.78, 5) is 34.1. The van der Waals surface area contributed by atoms with Crippen molar-refractivity contribution in [3.05, 3.63) is 63.9 Å². The first-order chi connectivity index (χ1) is 16.3. The first-order valence-electron chi connectivity index (χ1n) is 10.8. The monoisotopic (exact) mass is 521 g/mol. The van der Waals surface area contributed by atoms with Crippen molar-refractivity contribution in [2.75, 3.05) is 12.3 Å². The summed E-state index contributed by atoms with van der Waals surface area (Å²) in [5, 5.41) is 13.2. The highest BCUT2D eigenvalue weighted by atomic mass is 35.5. The second-order valence-corrected chi connectivity index (χ2v) is 10.4. The molecule has 2 heterocycles. The molecule has 1 aliphatic rings. The van der Waals surface area contributed by atoms with Crippen LogP contribution in [-0.4, -0.2) is 61.5 Å². The zero-order valence-electron chi connectivity index (χ0n) is 18.2. The largest absolute Gasteiger partial charge is 0.480 e. The van der Waals surface area contributed by atoms with Crippen molar-refractivity contribution >= 4 is 57.9 Å². The number of likely N-dealkylation sites (tertiary alicyclic amines) is 1. The summed E-state index contributed by atoms with van der Waals surface area (Å²) in [6, 6.07) is 11.7. The van der Waals surface area contributed by atoms with Crippen molar-refractivity contribution in [2.24, 2.45) is 5.73 Å². The van der Waals surface area contributed by atoms with Crippen LogP contribution in [-0.2, 0) is 22.7 Å². The highest BCUT2D eigenvalue weighted by Crippen LogP contribution is 2.31. The van der Waals surface area contributed by atoms with Crippen LogP contribution in [0.3, 0.4) is 0 Å². The summed E-state index contributed by atoms with van der Waals surface area (Å²) >= 11 is 13.9. The minimum absolute atomic E-state index is 0.0680. The maximum atomic E-state index is 13.2. The average molecular weight is 522 g/mol. The van der Waals surface area contributed by atoms with Crippen molar-refractivity contribution < 1.29 is 14.7 Å². The SMILES string of the molecule is NC(CSC1CC(C(=O)NCc2nc3ccccc3[nH]2)N(Cc2ccc(Cl)cc2Cl)C1)C(=O)O. The van der Waals surface area contributed by atoms with Crippen LogP contribution in [0.1, 0.15) is 17.8 Å². The van der Waals surface area contributed by atoms with Crippen LogP contribution in [0, 0.1) is 0 Å². The Morgan fingerprint density at radius 1 is 1.29 bits per heavy atom. The smallest absolute Gasteiger partial charge is 0.321 e. The molecule has 3 unspecified atom stereocenters. The molecule has 1 amide bonds. The van der Waals surface area contributed by atoms with Gasteiger partial charge in [-0.15, -0.1) is 0 Å². The molecule has 180 valence electrons. The number of carboxylic acids is 1. The fraction of sp³-hybridized carbons (Fsp3) is 0.348. The molecule has 0 spiro atoms. The van der Waals surface area contributed by atoms with E-state index >= 15 is 0 Å². The fourth-order valence-electron chi connectivity index (χ4n) is 3.99. The topological polar surface area (TPSA) is 124 Å². The van der Waals surface area contributed by atoms with Gasteiger partial charge in [-0.2, -0.15) is 11.8 Å². The number of hydrogen-bond donors (Lipinski definition) is 4. The number of H-pyrrole nitrogens is 1. The molecule has 5 N–H and O–H groups in total. The first kappa shape index (κ1) is 24.8. The van der Waals surface area contributed by atoms with Gasteiger partial charge in [0, 0.05) is 34.1 Å². The molecule has 4 rings (SSSR count). The number of aliphatic carboxylic acids is 1. The van der Waals surface area contributed by atoms with Crippen LogP contribution in [0.4, 0.5) is 0 Å². The number of carbonyl (C=O) groups excluding carboxylic acids is 1. The quantitative estimate of drug-likeness (QED) is 0.340. The number of amides is 1. The third kappa shape index (κ3) is 6.03. The molecule has 2 aromatic carbocycles. The van der Waals surface area contributed by atoms with Crippen LogP contribution in [0.15, 0.2) is 42.5 Å². The zero-order chi connectivity index (χ0) is 24.2. The Labute approximate surface area is 211 Å². The number of fused-ring (bicyclic) bond motifs is 1. The van der Waals surface area contributed by atoms with E-state index in [1.165, 1.54) is 11.8 Å². The van der Waals surface area contributed by atoms with E-state index in [-0.39, 0.29) is 23.5 Å². The van der Waals surface area contributed by atoms with Crippen LogP contribution in [0.25, 0.3) is 11.0 Å². The number of thioether (sulfide) groups is 1. The van der Waals surface area contributed by atoms with Crippen molar-refractivity contribution in [3.63, 3.8) is 0 Å². The van der Waals surface area contributed by atoms with Crippen LogP contribution in [0.5, 0.6) is 0 Å². The van der Waals surface area contributed by atoms with E-state index in [4.69, 9.17) is 34.0 Å². The van der Waals surface area contributed by atoms with Gasteiger partial charge in [0.25, 0.3) is 0 Å². The van der Waals surface area contributed by atoms with E-state index in [9.17, 15) is 9.59 Å². The van der Waals surface area contributed by atoms with Gasteiger partial charge in [-0.1, -0.05) is 41.4 Å². The van der Waals surface area contributed by atoms with E-state index in [2.05, 4.69) is 20.2 Å². The number of aromatic amines is 1. The lowest BCUT2D eigenvalue weighted by atomic mass is 10.1. The molecular formula is C23H25Cl2N5O3S. The number of nitrogens with one attached hydrogen (secondary N) is 2. The summed E-state index contributed by atoms with van der Waals surface area (Å²) in [6.45, 7) is 1.36. The van der Waals surface area contributed by atoms with Crippen molar-refractivity contribution in [2.45, 2.75) is 36.8 Å².